The summed E-state index contributed by atoms with van der Waals surface area (Å²) in [6.07, 6.45) is 0.716. The quantitative estimate of drug-likeness (QED) is 0.695. The van der Waals surface area contributed by atoms with Gasteiger partial charge in [0.05, 0.1) is 5.69 Å². The topological polar surface area (TPSA) is 27.6 Å². The van der Waals surface area contributed by atoms with Crippen LogP contribution in [-0.4, -0.2) is 36.9 Å². The average molecular weight is 311 g/mol. The van der Waals surface area contributed by atoms with Crippen LogP contribution in [-0.2, 0) is 6.42 Å². The Morgan fingerprint density at radius 2 is 1.70 bits per heavy atom. The first-order valence-corrected chi connectivity index (χ1v) is 8.05. The number of hydrogen-bond donors (Lipinski definition) is 1. The number of aliphatic imine (C=N–C) groups is 1. The first-order chi connectivity index (χ1) is 11.2. The Bertz CT molecular complexity index is 656. The lowest BCUT2D eigenvalue weighted by Gasteiger charge is -2.30. The normalized spacial score (nSPS) is 15.7. The predicted molar refractivity (Wildman–Crippen MR) is 92.8 cm³/mol. The van der Waals surface area contributed by atoms with E-state index < -0.39 is 0 Å². The average Bonchev–Trinajstić information content (AvgIpc) is 2.59. The lowest BCUT2D eigenvalue weighted by molar-refractivity contribution is 0.353. The molecule has 0 aromatic heterocycles. The summed E-state index contributed by atoms with van der Waals surface area (Å²) < 4.78 is 13.1. The standard InChI is InChI=1S/C19H22FN3/c1-15-2-8-18(9-3-15)22-19(23-12-10-21-11-13-23)14-16-4-6-17(20)7-5-16/h2-9,21H,10-14H2,1H3. The highest BCUT2D eigenvalue weighted by Crippen LogP contribution is 2.16. The number of aryl methyl sites for hydroxylation is 1. The molecule has 2 aromatic rings. The summed E-state index contributed by atoms with van der Waals surface area (Å²) in [5.41, 5.74) is 3.27. The van der Waals surface area contributed by atoms with E-state index in [1.807, 2.05) is 24.3 Å². The maximum Gasteiger partial charge on any atom is 0.123 e. The first kappa shape index (κ1) is 15.7. The van der Waals surface area contributed by atoms with Crippen LogP contribution >= 0.6 is 0 Å². The van der Waals surface area contributed by atoms with Crippen molar-refractivity contribution in [2.75, 3.05) is 26.2 Å². The van der Waals surface area contributed by atoms with E-state index in [1.54, 1.807) is 0 Å². The third-order valence-corrected chi connectivity index (χ3v) is 4.05. The molecule has 0 spiro atoms. The van der Waals surface area contributed by atoms with Gasteiger partial charge in [0, 0.05) is 32.6 Å². The number of hydrogen-bond acceptors (Lipinski definition) is 2. The molecule has 1 heterocycles. The molecule has 0 aliphatic carbocycles. The van der Waals surface area contributed by atoms with Gasteiger partial charge in [0.1, 0.15) is 11.7 Å². The van der Waals surface area contributed by atoms with Gasteiger partial charge in [0.2, 0.25) is 0 Å². The fourth-order valence-electron chi connectivity index (χ4n) is 2.70. The molecule has 3 nitrogen and oxygen atoms in total. The molecule has 3 rings (SSSR count). The second-order valence-corrected chi connectivity index (χ2v) is 5.90. The van der Waals surface area contributed by atoms with E-state index in [0.717, 1.165) is 43.3 Å². The molecule has 0 saturated carbocycles. The van der Waals surface area contributed by atoms with Crippen LogP contribution in [0.3, 0.4) is 0 Å². The zero-order valence-corrected chi connectivity index (χ0v) is 13.4. The Kier molecular flexibility index (Phi) is 5.03. The number of benzene rings is 2. The minimum Gasteiger partial charge on any atom is -0.357 e. The maximum absolute atomic E-state index is 13.1. The third kappa shape index (κ3) is 4.39. The minimum absolute atomic E-state index is 0.201. The van der Waals surface area contributed by atoms with E-state index in [-0.39, 0.29) is 5.82 Å². The molecule has 1 saturated heterocycles. The summed E-state index contributed by atoms with van der Waals surface area (Å²) in [5, 5.41) is 3.37. The van der Waals surface area contributed by atoms with Gasteiger partial charge in [-0.25, -0.2) is 9.38 Å². The van der Waals surface area contributed by atoms with Gasteiger partial charge in [-0.1, -0.05) is 29.8 Å². The van der Waals surface area contributed by atoms with Gasteiger partial charge in [0.15, 0.2) is 0 Å². The second kappa shape index (κ2) is 7.38. The number of halogens is 1. The number of nitrogens with one attached hydrogen (secondary N) is 1. The van der Waals surface area contributed by atoms with Crippen molar-refractivity contribution in [3.63, 3.8) is 0 Å². The summed E-state index contributed by atoms with van der Waals surface area (Å²) >= 11 is 0. The van der Waals surface area contributed by atoms with Crippen molar-refractivity contribution in [1.29, 1.82) is 0 Å². The summed E-state index contributed by atoms with van der Waals surface area (Å²) in [5.74, 6) is 0.843. The second-order valence-electron chi connectivity index (χ2n) is 5.90. The van der Waals surface area contributed by atoms with Crippen molar-refractivity contribution in [2.24, 2.45) is 4.99 Å². The molecular formula is C19H22FN3. The molecule has 1 fully saturated rings. The van der Waals surface area contributed by atoms with Crippen molar-refractivity contribution in [3.8, 4) is 0 Å². The van der Waals surface area contributed by atoms with Gasteiger partial charge in [-0.3, -0.25) is 0 Å². The highest BCUT2D eigenvalue weighted by molar-refractivity contribution is 5.87. The van der Waals surface area contributed by atoms with Gasteiger partial charge >= 0.3 is 0 Å². The summed E-state index contributed by atoms with van der Waals surface area (Å²) in [6, 6.07) is 14.9. The molecule has 2 aromatic carbocycles. The fourth-order valence-corrected chi connectivity index (χ4v) is 2.70. The molecule has 1 N–H and O–H groups in total. The van der Waals surface area contributed by atoms with E-state index in [9.17, 15) is 4.39 Å². The summed E-state index contributed by atoms with van der Waals surface area (Å²) in [6.45, 7) is 5.91. The first-order valence-electron chi connectivity index (χ1n) is 8.05. The van der Waals surface area contributed by atoms with Crippen molar-refractivity contribution < 1.29 is 4.39 Å². The van der Waals surface area contributed by atoms with Crippen LogP contribution in [0, 0.1) is 12.7 Å². The van der Waals surface area contributed by atoms with Crippen LogP contribution in [0.25, 0.3) is 0 Å². The molecule has 1 aliphatic heterocycles. The van der Waals surface area contributed by atoms with Crippen molar-refractivity contribution in [3.05, 3.63) is 65.5 Å². The summed E-state index contributed by atoms with van der Waals surface area (Å²) in [4.78, 5) is 7.18. The van der Waals surface area contributed by atoms with Gasteiger partial charge in [-0.15, -0.1) is 0 Å². The van der Waals surface area contributed by atoms with Gasteiger partial charge in [0.25, 0.3) is 0 Å². The SMILES string of the molecule is Cc1ccc(N=C(Cc2ccc(F)cc2)N2CCNCC2)cc1. The molecule has 0 radical (unpaired) electrons. The Morgan fingerprint density at radius 3 is 2.35 bits per heavy atom. The molecule has 0 amide bonds. The highest BCUT2D eigenvalue weighted by Gasteiger charge is 2.15. The third-order valence-electron chi connectivity index (χ3n) is 4.05. The Hall–Kier alpha value is -2.20. The Morgan fingerprint density at radius 1 is 1.04 bits per heavy atom. The van der Waals surface area contributed by atoms with E-state index in [2.05, 4.69) is 29.3 Å². The lowest BCUT2D eigenvalue weighted by Crippen LogP contribution is -2.47. The van der Waals surface area contributed by atoms with Crippen LogP contribution in [0.1, 0.15) is 11.1 Å². The van der Waals surface area contributed by atoms with Crippen molar-refractivity contribution >= 4 is 11.5 Å². The van der Waals surface area contributed by atoms with Crippen LogP contribution in [0.5, 0.6) is 0 Å². The zero-order valence-electron chi connectivity index (χ0n) is 13.4. The predicted octanol–water partition coefficient (Wildman–Crippen LogP) is 3.31. The smallest absolute Gasteiger partial charge is 0.123 e. The highest BCUT2D eigenvalue weighted by atomic mass is 19.1. The van der Waals surface area contributed by atoms with E-state index in [4.69, 9.17) is 4.99 Å². The molecule has 23 heavy (non-hydrogen) atoms. The zero-order chi connectivity index (χ0) is 16.1. The number of nitrogens with zero attached hydrogens (tertiary/aromatic N) is 2. The monoisotopic (exact) mass is 311 g/mol. The van der Waals surface area contributed by atoms with Gasteiger partial charge in [-0.05, 0) is 36.8 Å². The summed E-state index contributed by atoms with van der Waals surface area (Å²) in [7, 11) is 0. The van der Waals surface area contributed by atoms with Crippen LogP contribution in [0.2, 0.25) is 0 Å². The van der Waals surface area contributed by atoms with Gasteiger partial charge < -0.3 is 10.2 Å². The lowest BCUT2D eigenvalue weighted by atomic mass is 10.1. The van der Waals surface area contributed by atoms with Crippen molar-refractivity contribution in [2.45, 2.75) is 13.3 Å². The Balaban J connectivity index is 1.86. The molecule has 1 aliphatic rings. The molecule has 120 valence electrons. The largest absolute Gasteiger partial charge is 0.357 e. The molecule has 4 heteroatoms. The minimum atomic E-state index is -0.201. The fraction of sp³-hybridized carbons (Fsp3) is 0.316. The number of amidine groups is 1. The van der Waals surface area contributed by atoms with E-state index >= 15 is 0 Å². The molecule has 0 unspecified atom stereocenters. The van der Waals surface area contributed by atoms with Crippen molar-refractivity contribution in [1.82, 2.24) is 10.2 Å². The van der Waals surface area contributed by atoms with Crippen LogP contribution in [0.15, 0.2) is 53.5 Å². The maximum atomic E-state index is 13.1. The van der Waals surface area contributed by atoms with E-state index in [1.165, 1.54) is 17.7 Å². The number of rotatable bonds is 3. The van der Waals surface area contributed by atoms with E-state index in [0.29, 0.717) is 6.42 Å². The van der Waals surface area contributed by atoms with Gasteiger partial charge in [-0.2, -0.15) is 0 Å². The Labute approximate surface area is 136 Å². The van der Waals surface area contributed by atoms with Crippen LogP contribution < -0.4 is 5.32 Å². The molecular weight excluding hydrogens is 289 g/mol. The number of piperazine rings is 1. The van der Waals surface area contributed by atoms with Crippen LogP contribution in [0.4, 0.5) is 10.1 Å². The molecule has 0 bridgehead atoms. The molecule has 0 atom stereocenters.